The van der Waals surface area contributed by atoms with Crippen LogP contribution in [0.25, 0.3) is 5.57 Å². The van der Waals surface area contributed by atoms with E-state index in [1.54, 1.807) is 17.0 Å². The van der Waals surface area contributed by atoms with Gasteiger partial charge in [-0.3, -0.25) is 39.1 Å². The van der Waals surface area contributed by atoms with Gasteiger partial charge in [-0.05, 0) is 48.6 Å². The van der Waals surface area contributed by atoms with Crippen LogP contribution in [0.2, 0.25) is 10.0 Å². The van der Waals surface area contributed by atoms with Gasteiger partial charge in [-0.1, -0.05) is 47.5 Å². The van der Waals surface area contributed by atoms with E-state index in [1.165, 1.54) is 18.2 Å². The Morgan fingerprint density at radius 3 is 2.37 bits per heavy atom. The number of rotatable bonds is 4. The van der Waals surface area contributed by atoms with Crippen LogP contribution in [0.5, 0.6) is 0 Å². The van der Waals surface area contributed by atoms with Crippen molar-refractivity contribution in [2.45, 2.75) is 43.7 Å². The summed E-state index contributed by atoms with van der Waals surface area (Å²) in [5.74, 6) is -6.97. The highest BCUT2D eigenvalue weighted by molar-refractivity contribution is 6.43. The number of carbonyl (C=O) groups excluding carboxylic acids is 5. The van der Waals surface area contributed by atoms with Crippen LogP contribution in [0.4, 0.5) is 8.78 Å². The summed E-state index contributed by atoms with van der Waals surface area (Å²) in [6, 6.07) is 7.09. The second kappa shape index (κ2) is 11.1. The second-order valence-corrected chi connectivity index (χ2v) is 11.8. The molecule has 5 amide bonds. The molecule has 2 aromatic rings. The zero-order valence-electron chi connectivity index (χ0n) is 22.7. The van der Waals surface area contributed by atoms with Gasteiger partial charge < -0.3 is 4.90 Å². The van der Waals surface area contributed by atoms with E-state index >= 15 is 8.78 Å². The zero-order valence-corrected chi connectivity index (χ0v) is 24.3. The molecule has 224 valence electrons. The first-order chi connectivity index (χ1) is 20.5. The lowest BCUT2D eigenvalue weighted by Gasteiger charge is -2.44. The standard InChI is InChI=1S/C30H26Cl2F2N4O5/c31-20-6-2-3-17(25(20)32)16-9-12-36(13-10-16)22-11-14-37(15-30(22,33)34)27(41)18-4-1-5-19-24(18)29(43)38(28(19)42)21-7-8-23(39)35-26(21)40/h1-6,9,21-22H,7-8,10-15H2,(H,35,39,40). The molecule has 0 aliphatic carbocycles. The van der Waals surface area contributed by atoms with E-state index in [4.69, 9.17) is 23.2 Å². The molecule has 43 heavy (non-hydrogen) atoms. The molecule has 4 aliphatic heterocycles. The van der Waals surface area contributed by atoms with Gasteiger partial charge in [0.2, 0.25) is 11.8 Å². The number of nitrogens with zero attached hydrogens (tertiary/aromatic N) is 3. The smallest absolute Gasteiger partial charge is 0.280 e. The third-order valence-electron chi connectivity index (χ3n) is 8.53. The van der Waals surface area contributed by atoms with Crippen LogP contribution in [0, 0.1) is 0 Å². The first kappa shape index (κ1) is 29.4. The Bertz CT molecular complexity index is 1610. The maximum atomic E-state index is 15.6. The number of carbonyl (C=O) groups is 5. The molecule has 2 atom stereocenters. The molecular formula is C30H26Cl2F2N4O5. The van der Waals surface area contributed by atoms with E-state index in [9.17, 15) is 24.0 Å². The lowest BCUT2D eigenvalue weighted by atomic mass is 9.93. The summed E-state index contributed by atoms with van der Waals surface area (Å²) in [6.07, 6.45) is 2.29. The quantitative estimate of drug-likeness (QED) is 0.511. The Balaban J connectivity index is 1.17. The largest absolute Gasteiger partial charge is 0.332 e. The monoisotopic (exact) mass is 630 g/mol. The molecule has 9 nitrogen and oxygen atoms in total. The predicted molar refractivity (Wildman–Crippen MR) is 153 cm³/mol. The molecule has 0 radical (unpaired) electrons. The number of hydrogen-bond acceptors (Lipinski definition) is 6. The Labute approximate surface area is 255 Å². The fraction of sp³-hybridized carbons (Fsp3) is 0.367. The number of alkyl halides is 2. The van der Waals surface area contributed by atoms with Crippen LogP contribution in [0.1, 0.15) is 62.3 Å². The van der Waals surface area contributed by atoms with Crippen molar-refractivity contribution in [3.63, 3.8) is 0 Å². The molecule has 2 aromatic carbocycles. The summed E-state index contributed by atoms with van der Waals surface area (Å²) in [4.78, 5) is 67.5. The molecule has 4 aliphatic rings. The molecule has 2 unspecified atom stereocenters. The number of hydrogen-bond donors (Lipinski definition) is 1. The predicted octanol–water partition coefficient (Wildman–Crippen LogP) is 4.03. The lowest BCUT2D eigenvalue weighted by molar-refractivity contribution is -0.136. The van der Waals surface area contributed by atoms with Crippen LogP contribution in [-0.4, -0.2) is 88.4 Å². The van der Waals surface area contributed by atoms with Crippen LogP contribution in [-0.2, 0) is 9.59 Å². The third kappa shape index (κ3) is 5.13. The van der Waals surface area contributed by atoms with Gasteiger partial charge in [0.05, 0.1) is 39.3 Å². The number of piperidine rings is 2. The van der Waals surface area contributed by atoms with Crippen molar-refractivity contribution >= 4 is 58.3 Å². The number of halogens is 4. The van der Waals surface area contributed by atoms with Gasteiger partial charge in [-0.25, -0.2) is 8.78 Å². The zero-order chi connectivity index (χ0) is 30.6. The topological polar surface area (TPSA) is 107 Å². The molecule has 2 saturated heterocycles. The Kier molecular flexibility index (Phi) is 7.60. The van der Waals surface area contributed by atoms with E-state index in [2.05, 4.69) is 5.32 Å². The van der Waals surface area contributed by atoms with Crippen LogP contribution < -0.4 is 5.32 Å². The molecular weight excluding hydrogens is 605 g/mol. The first-order valence-corrected chi connectivity index (χ1v) is 14.6. The first-order valence-electron chi connectivity index (χ1n) is 13.9. The van der Waals surface area contributed by atoms with Gasteiger partial charge >= 0.3 is 0 Å². The molecule has 1 N–H and O–H groups in total. The number of fused-ring (bicyclic) bond motifs is 1. The number of benzene rings is 2. The molecule has 13 heteroatoms. The van der Waals surface area contributed by atoms with Gasteiger partial charge in [-0.2, -0.15) is 0 Å². The molecule has 0 saturated carbocycles. The van der Waals surface area contributed by atoms with E-state index in [-0.39, 0.29) is 49.0 Å². The SMILES string of the molecule is O=C1CCC(N2C(=O)c3cccc(C(=O)N4CCC(N5CC=C(c6cccc(Cl)c6Cl)CC5)C(F)(F)C4)c3C2=O)C(=O)N1. The minimum atomic E-state index is -3.25. The number of nitrogens with one attached hydrogen (secondary N) is 1. The van der Waals surface area contributed by atoms with Gasteiger partial charge in [0.1, 0.15) is 6.04 Å². The third-order valence-corrected chi connectivity index (χ3v) is 9.35. The summed E-state index contributed by atoms with van der Waals surface area (Å²) in [5.41, 5.74) is 1.23. The summed E-state index contributed by atoms with van der Waals surface area (Å²) >= 11 is 12.5. The fourth-order valence-electron chi connectivity index (χ4n) is 6.38. The normalized spacial score (nSPS) is 24.1. The molecule has 0 bridgehead atoms. The average molecular weight is 631 g/mol. The van der Waals surface area contributed by atoms with Gasteiger partial charge in [-0.15, -0.1) is 0 Å². The summed E-state index contributed by atoms with van der Waals surface area (Å²) in [6.45, 7) is -0.172. The Morgan fingerprint density at radius 1 is 0.930 bits per heavy atom. The van der Waals surface area contributed by atoms with Crippen molar-refractivity contribution in [2.75, 3.05) is 26.2 Å². The molecule has 2 fully saturated rings. The summed E-state index contributed by atoms with van der Waals surface area (Å²) in [5, 5.41) is 2.96. The summed E-state index contributed by atoms with van der Waals surface area (Å²) < 4.78 is 31.2. The van der Waals surface area contributed by atoms with Crippen LogP contribution in [0.15, 0.2) is 42.5 Å². The Hall–Kier alpha value is -3.67. The molecule has 6 rings (SSSR count). The van der Waals surface area contributed by atoms with E-state index in [0.717, 1.165) is 20.9 Å². The Morgan fingerprint density at radius 2 is 1.67 bits per heavy atom. The lowest BCUT2D eigenvalue weighted by Crippen LogP contribution is -2.60. The van der Waals surface area contributed by atoms with Crippen molar-refractivity contribution < 1.29 is 32.8 Å². The van der Waals surface area contributed by atoms with Gasteiger partial charge in [0.25, 0.3) is 23.6 Å². The van der Waals surface area contributed by atoms with Crippen molar-refractivity contribution in [1.82, 2.24) is 20.0 Å². The van der Waals surface area contributed by atoms with E-state index in [0.29, 0.717) is 23.0 Å². The van der Waals surface area contributed by atoms with Crippen molar-refractivity contribution in [3.05, 3.63) is 74.8 Å². The van der Waals surface area contributed by atoms with Gasteiger partial charge in [0, 0.05) is 26.1 Å². The van der Waals surface area contributed by atoms with Crippen molar-refractivity contribution in [2.24, 2.45) is 0 Å². The summed E-state index contributed by atoms with van der Waals surface area (Å²) in [7, 11) is 0. The van der Waals surface area contributed by atoms with Crippen LogP contribution >= 0.6 is 23.2 Å². The number of likely N-dealkylation sites (tertiary alicyclic amines) is 1. The van der Waals surface area contributed by atoms with Crippen molar-refractivity contribution in [3.8, 4) is 0 Å². The maximum Gasteiger partial charge on any atom is 0.280 e. The highest BCUT2D eigenvalue weighted by Gasteiger charge is 2.50. The molecule has 0 aromatic heterocycles. The fourth-order valence-corrected chi connectivity index (χ4v) is 6.80. The number of imide groups is 2. The highest BCUT2D eigenvalue weighted by atomic mass is 35.5. The van der Waals surface area contributed by atoms with E-state index < -0.39 is 54.1 Å². The second-order valence-electron chi connectivity index (χ2n) is 11.0. The molecule has 0 spiro atoms. The highest BCUT2D eigenvalue weighted by Crippen LogP contribution is 2.38. The molecule has 4 heterocycles. The number of amides is 5. The van der Waals surface area contributed by atoms with E-state index in [1.807, 2.05) is 12.1 Å². The van der Waals surface area contributed by atoms with Crippen LogP contribution in [0.3, 0.4) is 0 Å². The minimum Gasteiger partial charge on any atom is -0.332 e. The average Bonchev–Trinajstić information content (AvgIpc) is 3.23. The minimum absolute atomic E-state index is 0.00410. The van der Waals surface area contributed by atoms with Gasteiger partial charge in [0.15, 0.2) is 0 Å². The van der Waals surface area contributed by atoms with Crippen molar-refractivity contribution in [1.29, 1.82) is 0 Å². The maximum absolute atomic E-state index is 15.6.